The van der Waals surface area contributed by atoms with E-state index in [1.54, 1.807) is 0 Å². The number of halogens is 1. The molecule has 0 unspecified atom stereocenters. The number of nitrogens with zero attached hydrogens (tertiary/aromatic N) is 1. The zero-order chi connectivity index (χ0) is 12.5. The molecule has 0 saturated heterocycles. The van der Waals surface area contributed by atoms with Gasteiger partial charge in [0.05, 0.1) is 6.61 Å². The SMILES string of the molecule is C=CCN(CCO)CCOc1cccc(Br)c1. The second kappa shape index (κ2) is 8.28. The Balaban J connectivity index is 2.32. The third kappa shape index (κ3) is 5.86. The summed E-state index contributed by atoms with van der Waals surface area (Å²) in [7, 11) is 0. The van der Waals surface area contributed by atoms with Crippen LogP contribution in [0.4, 0.5) is 0 Å². The quantitative estimate of drug-likeness (QED) is 0.748. The zero-order valence-corrected chi connectivity index (χ0v) is 11.4. The molecule has 0 aromatic heterocycles. The van der Waals surface area contributed by atoms with Crippen LogP contribution in [0.2, 0.25) is 0 Å². The molecule has 4 heteroatoms. The van der Waals surface area contributed by atoms with Crippen molar-refractivity contribution in [3.63, 3.8) is 0 Å². The predicted octanol–water partition coefficient (Wildman–Crippen LogP) is 2.31. The van der Waals surface area contributed by atoms with Crippen LogP contribution in [0.15, 0.2) is 41.4 Å². The van der Waals surface area contributed by atoms with Crippen LogP contribution in [-0.4, -0.2) is 42.9 Å². The van der Waals surface area contributed by atoms with Gasteiger partial charge in [0.1, 0.15) is 12.4 Å². The number of ether oxygens (including phenoxy) is 1. The van der Waals surface area contributed by atoms with Crippen LogP contribution in [0.3, 0.4) is 0 Å². The zero-order valence-electron chi connectivity index (χ0n) is 9.81. The monoisotopic (exact) mass is 299 g/mol. The first-order valence-electron chi connectivity index (χ1n) is 5.58. The molecule has 0 atom stereocenters. The van der Waals surface area contributed by atoms with Gasteiger partial charge in [0.15, 0.2) is 0 Å². The topological polar surface area (TPSA) is 32.7 Å². The highest BCUT2D eigenvalue weighted by molar-refractivity contribution is 9.10. The minimum Gasteiger partial charge on any atom is -0.492 e. The van der Waals surface area contributed by atoms with E-state index in [4.69, 9.17) is 9.84 Å². The molecule has 1 rings (SSSR count). The number of hydrogen-bond donors (Lipinski definition) is 1. The van der Waals surface area contributed by atoms with Crippen molar-refractivity contribution >= 4 is 15.9 Å². The number of aliphatic hydroxyl groups is 1. The van der Waals surface area contributed by atoms with Crippen molar-refractivity contribution in [3.8, 4) is 5.75 Å². The Morgan fingerprint density at radius 3 is 2.88 bits per heavy atom. The Kier molecular flexibility index (Phi) is 6.93. The van der Waals surface area contributed by atoms with Gasteiger partial charge in [-0.25, -0.2) is 0 Å². The molecule has 17 heavy (non-hydrogen) atoms. The molecule has 0 saturated carbocycles. The first-order valence-corrected chi connectivity index (χ1v) is 6.38. The van der Waals surface area contributed by atoms with Crippen LogP contribution < -0.4 is 4.74 Å². The molecule has 0 amide bonds. The Labute approximate surface area is 111 Å². The van der Waals surface area contributed by atoms with Crippen molar-refractivity contribution in [3.05, 3.63) is 41.4 Å². The van der Waals surface area contributed by atoms with Gasteiger partial charge in [0.25, 0.3) is 0 Å². The number of benzene rings is 1. The fourth-order valence-electron chi connectivity index (χ4n) is 1.47. The van der Waals surface area contributed by atoms with Crippen LogP contribution in [0.1, 0.15) is 0 Å². The van der Waals surface area contributed by atoms with Gasteiger partial charge in [-0.1, -0.05) is 28.1 Å². The van der Waals surface area contributed by atoms with Crippen LogP contribution in [0, 0.1) is 0 Å². The molecule has 0 aliphatic rings. The first-order chi connectivity index (χ1) is 8.26. The van der Waals surface area contributed by atoms with Crippen molar-refractivity contribution in [1.29, 1.82) is 0 Å². The normalized spacial score (nSPS) is 10.5. The maximum absolute atomic E-state index is 8.89. The van der Waals surface area contributed by atoms with E-state index in [0.29, 0.717) is 13.2 Å². The molecule has 1 aromatic carbocycles. The van der Waals surface area contributed by atoms with Gasteiger partial charge in [-0.2, -0.15) is 0 Å². The number of hydrogen-bond acceptors (Lipinski definition) is 3. The van der Waals surface area contributed by atoms with Crippen LogP contribution in [0.25, 0.3) is 0 Å². The highest BCUT2D eigenvalue weighted by atomic mass is 79.9. The van der Waals surface area contributed by atoms with E-state index in [-0.39, 0.29) is 6.61 Å². The van der Waals surface area contributed by atoms with Crippen molar-refractivity contribution in [2.24, 2.45) is 0 Å². The second-order valence-electron chi connectivity index (χ2n) is 3.62. The molecule has 0 fully saturated rings. The van der Waals surface area contributed by atoms with E-state index < -0.39 is 0 Å². The molecule has 0 bridgehead atoms. The smallest absolute Gasteiger partial charge is 0.120 e. The van der Waals surface area contributed by atoms with Crippen LogP contribution in [-0.2, 0) is 0 Å². The van der Waals surface area contributed by atoms with Gasteiger partial charge in [-0.05, 0) is 18.2 Å². The summed E-state index contributed by atoms with van der Waals surface area (Å²) in [5.41, 5.74) is 0. The lowest BCUT2D eigenvalue weighted by atomic mass is 10.3. The molecule has 0 spiro atoms. The highest BCUT2D eigenvalue weighted by Gasteiger charge is 2.02. The molecule has 0 aliphatic carbocycles. The van der Waals surface area contributed by atoms with Gasteiger partial charge in [-0.15, -0.1) is 6.58 Å². The van der Waals surface area contributed by atoms with E-state index in [9.17, 15) is 0 Å². The van der Waals surface area contributed by atoms with E-state index >= 15 is 0 Å². The van der Waals surface area contributed by atoms with Crippen molar-refractivity contribution in [1.82, 2.24) is 4.90 Å². The summed E-state index contributed by atoms with van der Waals surface area (Å²) in [6, 6.07) is 7.76. The van der Waals surface area contributed by atoms with Gasteiger partial charge in [0, 0.05) is 24.1 Å². The summed E-state index contributed by atoms with van der Waals surface area (Å²) in [6.07, 6.45) is 1.83. The van der Waals surface area contributed by atoms with Crippen molar-refractivity contribution < 1.29 is 9.84 Å². The maximum Gasteiger partial charge on any atom is 0.120 e. The maximum atomic E-state index is 8.89. The lowest BCUT2D eigenvalue weighted by molar-refractivity contribution is 0.180. The Hall–Kier alpha value is -0.840. The largest absolute Gasteiger partial charge is 0.492 e. The lowest BCUT2D eigenvalue weighted by Crippen LogP contribution is -2.31. The number of rotatable bonds is 8. The average Bonchev–Trinajstić information content (AvgIpc) is 2.30. The van der Waals surface area contributed by atoms with E-state index in [1.807, 2.05) is 30.3 Å². The highest BCUT2D eigenvalue weighted by Crippen LogP contribution is 2.17. The third-order valence-corrected chi connectivity index (χ3v) is 2.77. The minimum atomic E-state index is 0.157. The van der Waals surface area contributed by atoms with Gasteiger partial charge in [-0.3, -0.25) is 4.90 Å². The molecule has 1 aromatic rings. The van der Waals surface area contributed by atoms with Gasteiger partial charge >= 0.3 is 0 Å². The van der Waals surface area contributed by atoms with E-state index in [0.717, 1.165) is 23.3 Å². The fraction of sp³-hybridized carbons (Fsp3) is 0.385. The molecule has 1 N–H and O–H groups in total. The second-order valence-corrected chi connectivity index (χ2v) is 4.53. The summed E-state index contributed by atoms with van der Waals surface area (Å²) in [4.78, 5) is 2.09. The van der Waals surface area contributed by atoms with E-state index in [1.165, 1.54) is 0 Å². The summed E-state index contributed by atoms with van der Waals surface area (Å²) in [5.74, 6) is 0.849. The lowest BCUT2D eigenvalue weighted by Gasteiger charge is -2.19. The molecule has 0 heterocycles. The van der Waals surface area contributed by atoms with Crippen molar-refractivity contribution in [2.45, 2.75) is 0 Å². The predicted molar refractivity (Wildman–Crippen MR) is 73.4 cm³/mol. The molecular weight excluding hydrogens is 282 g/mol. The molecule has 0 aliphatic heterocycles. The van der Waals surface area contributed by atoms with Crippen molar-refractivity contribution in [2.75, 3.05) is 32.8 Å². The van der Waals surface area contributed by atoms with Crippen LogP contribution in [0.5, 0.6) is 5.75 Å². The Bertz CT molecular complexity index is 344. The molecule has 0 radical (unpaired) electrons. The van der Waals surface area contributed by atoms with Gasteiger partial charge in [0.2, 0.25) is 0 Å². The summed E-state index contributed by atoms with van der Waals surface area (Å²) in [5, 5.41) is 8.89. The average molecular weight is 300 g/mol. The minimum absolute atomic E-state index is 0.157. The summed E-state index contributed by atoms with van der Waals surface area (Å²) in [6.45, 7) is 6.64. The molecular formula is C13H18BrNO2. The Morgan fingerprint density at radius 2 is 2.24 bits per heavy atom. The summed E-state index contributed by atoms with van der Waals surface area (Å²) >= 11 is 3.40. The fourth-order valence-corrected chi connectivity index (χ4v) is 1.85. The third-order valence-electron chi connectivity index (χ3n) is 2.28. The molecule has 3 nitrogen and oxygen atoms in total. The first kappa shape index (κ1) is 14.2. The standard InChI is InChI=1S/C13H18BrNO2/c1-2-6-15(7-9-16)8-10-17-13-5-3-4-12(14)11-13/h2-5,11,16H,1,6-10H2. The Morgan fingerprint density at radius 1 is 1.41 bits per heavy atom. The van der Waals surface area contributed by atoms with Gasteiger partial charge < -0.3 is 9.84 Å². The van der Waals surface area contributed by atoms with E-state index in [2.05, 4.69) is 27.4 Å². The number of aliphatic hydroxyl groups excluding tert-OH is 1. The summed E-state index contributed by atoms with van der Waals surface area (Å²) < 4.78 is 6.63. The van der Waals surface area contributed by atoms with Crippen LogP contribution >= 0.6 is 15.9 Å². The molecule has 94 valence electrons.